The van der Waals surface area contributed by atoms with Crippen molar-refractivity contribution in [3.05, 3.63) is 34.5 Å². The van der Waals surface area contributed by atoms with Crippen molar-refractivity contribution in [2.24, 2.45) is 0 Å². The number of hydrogen-bond donors (Lipinski definition) is 0. The Hall–Kier alpha value is -0.840. The van der Waals surface area contributed by atoms with E-state index in [0.717, 1.165) is 42.9 Å². The van der Waals surface area contributed by atoms with Gasteiger partial charge in [-0.05, 0) is 18.2 Å². The minimum absolute atomic E-state index is 0.835. The molecule has 2 heterocycles. The minimum atomic E-state index is 0.835. The maximum Gasteiger partial charge on any atom is 0.135 e. The number of nitrogens with zero attached hydrogens (tertiary/aromatic N) is 1. The second kappa shape index (κ2) is 4.80. The molecule has 17 heavy (non-hydrogen) atoms. The molecule has 3 rings (SSSR count). The molecule has 90 valence electrons. The SMILES string of the molecule is Brc1ccc2c(CN3CCOCC3)coc2c1. The van der Waals surface area contributed by atoms with Gasteiger partial charge >= 0.3 is 0 Å². The Morgan fingerprint density at radius 2 is 2.06 bits per heavy atom. The summed E-state index contributed by atoms with van der Waals surface area (Å²) in [6, 6.07) is 6.18. The van der Waals surface area contributed by atoms with Gasteiger partial charge in [-0.2, -0.15) is 0 Å². The molecule has 1 saturated heterocycles. The van der Waals surface area contributed by atoms with E-state index in [4.69, 9.17) is 9.15 Å². The van der Waals surface area contributed by atoms with Crippen LogP contribution in [0, 0.1) is 0 Å². The van der Waals surface area contributed by atoms with Crippen molar-refractivity contribution in [3.8, 4) is 0 Å². The highest BCUT2D eigenvalue weighted by molar-refractivity contribution is 9.10. The molecule has 0 saturated carbocycles. The number of hydrogen-bond acceptors (Lipinski definition) is 3. The quantitative estimate of drug-likeness (QED) is 0.852. The molecule has 1 aromatic carbocycles. The van der Waals surface area contributed by atoms with Gasteiger partial charge in [-0.25, -0.2) is 0 Å². The topological polar surface area (TPSA) is 25.6 Å². The number of benzene rings is 1. The van der Waals surface area contributed by atoms with Gasteiger partial charge in [-0.3, -0.25) is 4.90 Å². The Morgan fingerprint density at radius 3 is 2.88 bits per heavy atom. The zero-order valence-electron chi connectivity index (χ0n) is 9.49. The molecule has 0 atom stereocenters. The number of morpholine rings is 1. The van der Waals surface area contributed by atoms with Crippen LogP contribution in [-0.4, -0.2) is 31.2 Å². The van der Waals surface area contributed by atoms with Gasteiger partial charge in [-0.1, -0.05) is 15.9 Å². The summed E-state index contributed by atoms with van der Waals surface area (Å²) in [7, 11) is 0. The van der Waals surface area contributed by atoms with Crippen molar-refractivity contribution in [2.75, 3.05) is 26.3 Å². The smallest absolute Gasteiger partial charge is 0.135 e. The molecule has 1 fully saturated rings. The van der Waals surface area contributed by atoms with Gasteiger partial charge in [0.25, 0.3) is 0 Å². The van der Waals surface area contributed by atoms with Crippen LogP contribution < -0.4 is 0 Å². The molecule has 4 heteroatoms. The van der Waals surface area contributed by atoms with Crippen molar-refractivity contribution in [2.45, 2.75) is 6.54 Å². The lowest BCUT2D eigenvalue weighted by molar-refractivity contribution is 0.0342. The van der Waals surface area contributed by atoms with Crippen LogP contribution in [0.1, 0.15) is 5.56 Å². The highest BCUT2D eigenvalue weighted by atomic mass is 79.9. The first-order valence-corrected chi connectivity index (χ1v) is 6.58. The van der Waals surface area contributed by atoms with Gasteiger partial charge < -0.3 is 9.15 Å². The molecule has 0 amide bonds. The van der Waals surface area contributed by atoms with Gasteiger partial charge in [0.2, 0.25) is 0 Å². The van der Waals surface area contributed by atoms with Gasteiger partial charge in [0, 0.05) is 35.1 Å². The molecule has 0 unspecified atom stereocenters. The lowest BCUT2D eigenvalue weighted by Gasteiger charge is -2.26. The van der Waals surface area contributed by atoms with Crippen LogP contribution >= 0.6 is 15.9 Å². The van der Waals surface area contributed by atoms with Crippen molar-refractivity contribution in [1.82, 2.24) is 4.90 Å². The molecular formula is C13H14BrNO2. The Balaban J connectivity index is 1.84. The Morgan fingerprint density at radius 1 is 1.24 bits per heavy atom. The normalized spacial score (nSPS) is 17.7. The van der Waals surface area contributed by atoms with Crippen molar-refractivity contribution in [3.63, 3.8) is 0 Å². The second-order valence-corrected chi connectivity index (χ2v) is 5.21. The molecule has 0 radical (unpaired) electrons. The van der Waals surface area contributed by atoms with Gasteiger partial charge in [0.15, 0.2) is 0 Å². The Bertz CT molecular complexity index is 517. The summed E-state index contributed by atoms with van der Waals surface area (Å²) in [5.41, 5.74) is 2.21. The fraction of sp³-hybridized carbons (Fsp3) is 0.385. The first-order chi connectivity index (χ1) is 8.33. The highest BCUT2D eigenvalue weighted by Crippen LogP contribution is 2.25. The number of furan rings is 1. The van der Waals surface area contributed by atoms with E-state index in [1.165, 1.54) is 10.9 Å². The van der Waals surface area contributed by atoms with Gasteiger partial charge in [0.1, 0.15) is 5.58 Å². The number of fused-ring (bicyclic) bond motifs is 1. The molecule has 2 aromatic rings. The summed E-state index contributed by atoms with van der Waals surface area (Å²) in [6.45, 7) is 4.62. The zero-order chi connectivity index (χ0) is 11.7. The number of ether oxygens (including phenoxy) is 1. The van der Waals surface area contributed by atoms with E-state index in [9.17, 15) is 0 Å². The summed E-state index contributed by atoms with van der Waals surface area (Å²) in [6.07, 6.45) is 1.87. The molecule has 1 aromatic heterocycles. The number of halogens is 1. The summed E-state index contributed by atoms with van der Waals surface area (Å²) < 4.78 is 12.0. The first kappa shape index (κ1) is 11.3. The van der Waals surface area contributed by atoms with Crippen LogP contribution in [-0.2, 0) is 11.3 Å². The highest BCUT2D eigenvalue weighted by Gasteiger charge is 2.13. The van der Waals surface area contributed by atoms with Crippen LogP contribution in [0.5, 0.6) is 0 Å². The summed E-state index contributed by atoms with van der Waals surface area (Å²) in [5.74, 6) is 0. The summed E-state index contributed by atoms with van der Waals surface area (Å²) in [4.78, 5) is 2.40. The predicted octanol–water partition coefficient (Wildman–Crippen LogP) is 3.03. The molecule has 1 aliphatic heterocycles. The zero-order valence-corrected chi connectivity index (χ0v) is 11.1. The van der Waals surface area contributed by atoms with Crippen LogP contribution in [0.4, 0.5) is 0 Å². The Kier molecular flexibility index (Phi) is 3.18. The molecule has 0 N–H and O–H groups in total. The van der Waals surface area contributed by atoms with E-state index in [2.05, 4.69) is 33.0 Å². The molecule has 0 spiro atoms. The summed E-state index contributed by atoms with van der Waals surface area (Å²) in [5, 5.41) is 1.21. The third-order valence-electron chi connectivity index (χ3n) is 3.12. The van der Waals surface area contributed by atoms with Crippen LogP contribution in [0.15, 0.2) is 33.4 Å². The average molecular weight is 296 g/mol. The standard InChI is InChI=1S/C13H14BrNO2/c14-11-1-2-12-10(9-17-13(12)7-11)8-15-3-5-16-6-4-15/h1-2,7,9H,3-6,8H2. The van der Waals surface area contributed by atoms with Gasteiger partial charge in [-0.15, -0.1) is 0 Å². The van der Waals surface area contributed by atoms with E-state index in [0.29, 0.717) is 0 Å². The fourth-order valence-electron chi connectivity index (χ4n) is 2.18. The lowest BCUT2D eigenvalue weighted by atomic mass is 10.1. The maximum atomic E-state index is 5.58. The van der Waals surface area contributed by atoms with E-state index in [-0.39, 0.29) is 0 Å². The third-order valence-corrected chi connectivity index (χ3v) is 3.61. The largest absolute Gasteiger partial charge is 0.464 e. The van der Waals surface area contributed by atoms with Crippen LogP contribution in [0.2, 0.25) is 0 Å². The maximum absolute atomic E-state index is 5.58. The molecule has 1 aliphatic rings. The summed E-state index contributed by atoms with van der Waals surface area (Å²) >= 11 is 3.45. The Labute approximate surface area is 108 Å². The third kappa shape index (κ3) is 2.39. The second-order valence-electron chi connectivity index (χ2n) is 4.29. The fourth-order valence-corrected chi connectivity index (χ4v) is 2.52. The van der Waals surface area contributed by atoms with Gasteiger partial charge in [0.05, 0.1) is 19.5 Å². The van der Waals surface area contributed by atoms with E-state index < -0.39 is 0 Å². The molecular weight excluding hydrogens is 282 g/mol. The lowest BCUT2D eigenvalue weighted by Crippen LogP contribution is -2.35. The molecule has 0 aliphatic carbocycles. The first-order valence-electron chi connectivity index (χ1n) is 5.79. The number of rotatable bonds is 2. The molecule has 3 nitrogen and oxygen atoms in total. The van der Waals surface area contributed by atoms with E-state index in [1.807, 2.05) is 12.3 Å². The van der Waals surface area contributed by atoms with Crippen molar-refractivity contribution in [1.29, 1.82) is 0 Å². The monoisotopic (exact) mass is 295 g/mol. The molecule has 0 bridgehead atoms. The van der Waals surface area contributed by atoms with Crippen LogP contribution in [0.3, 0.4) is 0 Å². The minimum Gasteiger partial charge on any atom is -0.464 e. The van der Waals surface area contributed by atoms with Crippen molar-refractivity contribution >= 4 is 26.9 Å². The van der Waals surface area contributed by atoms with Crippen LogP contribution in [0.25, 0.3) is 11.0 Å². The van der Waals surface area contributed by atoms with E-state index >= 15 is 0 Å². The van der Waals surface area contributed by atoms with Crippen molar-refractivity contribution < 1.29 is 9.15 Å². The average Bonchev–Trinajstić information content (AvgIpc) is 2.73. The predicted molar refractivity (Wildman–Crippen MR) is 70.0 cm³/mol. The van der Waals surface area contributed by atoms with E-state index in [1.54, 1.807) is 0 Å².